The van der Waals surface area contributed by atoms with Crippen molar-refractivity contribution in [3.8, 4) is 17.3 Å². The number of nitriles is 1. The molecule has 0 saturated heterocycles. The first kappa shape index (κ1) is 14.3. The molecule has 0 saturated carbocycles. The Hall–Kier alpha value is -2.67. The minimum atomic E-state index is 0.662. The van der Waals surface area contributed by atoms with Gasteiger partial charge >= 0.3 is 0 Å². The summed E-state index contributed by atoms with van der Waals surface area (Å²) in [6.45, 7) is 4.47. The van der Waals surface area contributed by atoms with Crippen molar-refractivity contribution in [3.63, 3.8) is 0 Å². The zero-order valence-electron chi connectivity index (χ0n) is 12.8. The van der Waals surface area contributed by atoms with Crippen molar-refractivity contribution < 1.29 is 0 Å². The minimum absolute atomic E-state index is 0.662. The van der Waals surface area contributed by atoms with Gasteiger partial charge in [0.05, 0.1) is 17.3 Å². The fraction of sp³-hybridized carbons (Fsp3) is 0.278. The fourth-order valence-corrected chi connectivity index (χ4v) is 2.50. The van der Waals surface area contributed by atoms with E-state index in [1.165, 1.54) is 5.56 Å². The van der Waals surface area contributed by atoms with Crippen LogP contribution in [-0.4, -0.2) is 14.6 Å². The maximum Gasteiger partial charge on any atom is 0.156 e. The number of benzene rings is 1. The molecular weight excluding hydrogens is 272 g/mol. The zero-order valence-corrected chi connectivity index (χ0v) is 12.8. The predicted octanol–water partition coefficient (Wildman–Crippen LogP) is 3.86. The van der Waals surface area contributed by atoms with Crippen molar-refractivity contribution in [2.24, 2.45) is 5.92 Å². The van der Waals surface area contributed by atoms with Gasteiger partial charge in [-0.3, -0.25) is 0 Å². The Morgan fingerprint density at radius 2 is 1.95 bits per heavy atom. The van der Waals surface area contributed by atoms with Crippen molar-refractivity contribution in [1.29, 1.82) is 5.26 Å². The number of aryl methyl sites for hydroxylation is 1. The minimum Gasteiger partial charge on any atom is -0.215 e. The average Bonchev–Trinajstić information content (AvgIpc) is 3.00. The molecule has 4 nitrogen and oxygen atoms in total. The Morgan fingerprint density at radius 1 is 1.18 bits per heavy atom. The van der Waals surface area contributed by atoms with Crippen LogP contribution < -0.4 is 0 Å². The van der Waals surface area contributed by atoms with Crippen LogP contribution in [0, 0.1) is 17.2 Å². The first-order valence-electron chi connectivity index (χ1n) is 7.50. The average molecular weight is 290 g/mol. The molecule has 0 radical (unpaired) electrons. The number of nitrogens with zero attached hydrogens (tertiary/aromatic N) is 4. The molecule has 0 bridgehead atoms. The molecule has 110 valence electrons. The topological polar surface area (TPSA) is 54.0 Å². The van der Waals surface area contributed by atoms with Gasteiger partial charge in [0.15, 0.2) is 5.65 Å². The number of pyridine rings is 1. The molecule has 0 N–H and O–H groups in total. The molecule has 2 aromatic heterocycles. The van der Waals surface area contributed by atoms with E-state index in [0.717, 1.165) is 29.7 Å². The van der Waals surface area contributed by atoms with E-state index in [2.05, 4.69) is 42.1 Å². The smallest absolute Gasteiger partial charge is 0.156 e. The number of hydrogen-bond acceptors (Lipinski definition) is 3. The zero-order chi connectivity index (χ0) is 15.5. The number of rotatable bonds is 4. The first-order chi connectivity index (χ1) is 10.7. The molecule has 0 aliphatic carbocycles. The van der Waals surface area contributed by atoms with Gasteiger partial charge in [-0.25, -0.2) is 9.50 Å². The van der Waals surface area contributed by atoms with Gasteiger partial charge in [0.25, 0.3) is 0 Å². The van der Waals surface area contributed by atoms with Crippen molar-refractivity contribution in [3.05, 3.63) is 53.9 Å². The molecule has 1 aromatic carbocycles. The van der Waals surface area contributed by atoms with Crippen LogP contribution in [0.4, 0.5) is 0 Å². The largest absolute Gasteiger partial charge is 0.215 e. The van der Waals surface area contributed by atoms with E-state index in [4.69, 9.17) is 5.26 Å². The van der Waals surface area contributed by atoms with E-state index >= 15 is 0 Å². The summed E-state index contributed by atoms with van der Waals surface area (Å²) in [5.41, 5.74) is 4.85. The predicted molar refractivity (Wildman–Crippen MR) is 86.3 cm³/mol. The Balaban J connectivity index is 2.06. The first-order valence-corrected chi connectivity index (χ1v) is 7.50. The molecule has 3 rings (SSSR count). The molecule has 3 aromatic rings. The van der Waals surface area contributed by atoms with Crippen molar-refractivity contribution in [2.75, 3.05) is 0 Å². The van der Waals surface area contributed by atoms with Gasteiger partial charge in [-0.15, -0.1) is 0 Å². The lowest BCUT2D eigenvalue weighted by molar-refractivity contribution is 0.586. The highest BCUT2D eigenvalue weighted by Crippen LogP contribution is 2.23. The van der Waals surface area contributed by atoms with Gasteiger partial charge in [-0.05, 0) is 48.6 Å². The quantitative estimate of drug-likeness (QED) is 0.733. The van der Waals surface area contributed by atoms with Gasteiger partial charge in [-0.2, -0.15) is 10.4 Å². The SMILES string of the molecule is CC(C)CCc1cc(-c2ccc(C#N)cc2)n2ncnc2c1. The lowest BCUT2D eigenvalue weighted by Gasteiger charge is -2.09. The molecule has 4 heteroatoms. The standard InChI is InChI=1S/C18H18N4/c1-13(2)3-4-15-9-17(22-18(10-15)20-12-21-22)16-7-5-14(11-19)6-8-16/h5-10,12-13H,3-4H2,1-2H3. The summed E-state index contributed by atoms with van der Waals surface area (Å²) in [5.74, 6) is 0.674. The second kappa shape index (κ2) is 5.98. The van der Waals surface area contributed by atoms with E-state index in [1.807, 2.05) is 28.8 Å². The highest BCUT2D eigenvalue weighted by atomic mass is 15.3. The van der Waals surface area contributed by atoms with Crippen LogP contribution in [0.5, 0.6) is 0 Å². The van der Waals surface area contributed by atoms with Crippen molar-refractivity contribution >= 4 is 5.65 Å². The van der Waals surface area contributed by atoms with Gasteiger partial charge < -0.3 is 0 Å². The summed E-state index contributed by atoms with van der Waals surface area (Å²) in [6.07, 6.45) is 3.76. The summed E-state index contributed by atoms with van der Waals surface area (Å²) < 4.78 is 1.85. The molecule has 22 heavy (non-hydrogen) atoms. The molecule has 0 aliphatic rings. The molecule has 0 amide bonds. The Labute approximate surface area is 130 Å². The van der Waals surface area contributed by atoms with Crippen LogP contribution in [0.2, 0.25) is 0 Å². The molecule has 0 atom stereocenters. The van der Waals surface area contributed by atoms with Crippen LogP contribution in [-0.2, 0) is 6.42 Å². The van der Waals surface area contributed by atoms with Gasteiger partial charge in [0.2, 0.25) is 0 Å². The second-order valence-corrected chi connectivity index (χ2v) is 5.90. The summed E-state index contributed by atoms with van der Waals surface area (Å²) in [6, 6.07) is 14.0. The lowest BCUT2D eigenvalue weighted by Crippen LogP contribution is -1.99. The molecule has 0 unspecified atom stereocenters. The Bertz CT molecular complexity index is 822. The molecule has 0 spiro atoms. The summed E-state index contributed by atoms with van der Waals surface area (Å²) in [7, 11) is 0. The maximum atomic E-state index is 8.93. The molecule has 0 aliphatic heterocycles. The normalized spacial score (nSPS) is 11.0. The van der Waals surface area contributed by atoms with E-state index in [9.17, 15) is 0 Å². The fourth-order valence-electron chi connectivity index (χ4n) is 2.50. The van der Waals surface area contributed by atoms with Crippen LogP contribution in [0.1, 0.15) is 31.4 Å². The summed E-state index contributed by atoms with van der Waals surface area (Å²) in [4.78, 5) is 4.33. The van der Waals surface area contributed by atoms with Gasteiger partial charge in [-0.1, -0.05) is 26.0 Å². The third kappa shape index (κ3) is 2.84. The monoisotopic (exact) mass is 290 g/mol. The molecule has 0 fully saturated rings. The maximum absolute atomic E-state index is 8.93. The second-order valence-electron chi connectivity index (χ2n) is 5.90. The highest BCUT2D eigenvalue weighted by molar-refractivity contribution is 5.65. The number of fused-ring (bicyclic) bond motifs is 1. The Morgan fingerprint density at radius 3 is 2.64 bits per heavy atom. The third-order valence-corrected chi connectivity index (χ3v) is 3.76. The summed E-state index contributed by atoms with van der Waals surface area (Å²) in [5, 5.41) is 13.2. The van der Waals surface area contributed by atoms with Crippen molar-refractivity contribution in [2.45, 2.75) is 26.7 Å². The number of aromatic nitrogens is 3. The van der Waals surface area contributed by atoms with E-state index in [-0.39, 0.29) is 0 Å². The molecule has 2 heterocycles. The van der Waals surface area contributed by atoms with Crippen LogP contribution in [0.3, 0.4) is 0 Å². The van der Waals surface area contributed by atoms with E-state index in [1.54, 1.807) is 6.33 Å². The third-order valence-electron chi connectivity index (χ3n) is 3.76. The van der Waals surface area contributed by atoms with Crippen LogP contribution in [0.25, 0.3) is 16.9 Å². The highest BCUT2D eigenvalue weighted by Gasteiger charge is 2.09. The number of hydrogen-bond donors (Lipinski definition) is 0. The van der Waals surface area contributed by atoms with Crippen LogP contribution >= 0.6 is 0 Å². The van der Waals surface area contributed by atoms with Crippen molar-refractivity contribution in [1.82, 2.24) is 14.6 Å². The van der Waals surface area contributed by atoms with E-state index in [0.29, 0.717) is 11.5 Å². The van der Waals surface area contributed by atoms with Crippen LogP contribution in [0.15, 0.2) is 42.7 Å². The summed E-state index contributed by atoms with van der Waals surface area (Å²) >= 11 is 0. The van der Waals surface area contributed by atoms with Gasteiger partial charge in [0.1, 0.15) is 6.33 Å². The molecular formula is C18H18N4. The Kier molecular flexibility index (Phi) is 3.88. The van der Waals surface area contributed by atoms with Gasteiger partial charge in [0, 0.05) is 5.56 Å². The van der Waals surface area contributed by atoms with E-state index < -0.39 is 0 Å². The lowest BCUT2D eigenvalue weighted by atomic mass is 10.0.